The van der Waals surface area contributed by atoms with Crippen molar-refractivity contribution in [3.63, 3.8) is 0 Å². The number of nitrogens with zero attached hydrogens (tertiary/aromatic N) is 3. The largest absolute Gasteiger partial charge is 0.348 e. The molecule has 0 atom stereocenters. The van der Waals surface area contributed by atoms with Crippen molar-refractivity contribution in [1.82, 2.24) is 20.0 Å². The summed E-state index contributed by atoms with van der Waals surface area (Å²) in [5, 5.41) is 8.76. The molecule has 0 spiro atoms. The van der Waals surface area contributed by atoms with Crippen molar-refractivity contribution < 1.29 is 14.0 Å². The Labute approximate surface area is 201 Å². The zero-order valence-corrected chi connectivity index (χ0v) is 19.6. The molecule has 1 saturated heterocycles. The van der Waals surface area contributed by atoms with Gasteiger partial charge in [-0.15, -0.1) is 11.3 Å². The maximum Gasteiger partial charge on any atom is 0.261 e. The highest BCUT2D eigenvalue weighted by Crippen LogP contribution is 2.29. The summed E-state index contributed by atoms with van der Waals surface area (Å²) in [5.74, 6) is -0.912. The minimum Gasteiger partial charge on any atom is -0.348 e. The van der Waals surface area contributed by atoms with E-state index in [0.29, 0.717) is 37.4 Å². The van der Waals surface area contributed by atoms with E-state index >= 15 is 0 Å². The lowest BCUT2D eigenvalue weighted by Crippen LogP contribution is -2.46. The number of hydrogen-bond donors (Lipinski definition) is 1. The molecule has 1 aliphatic rings. The van der Waals surface area contributed by atoms with E-state index < -0.39 is 5.82 Å². The van der Waals surface area contributed by atoms with Crippen molar-refractivity contribution in [3.05, 3.63) is 88.2 Å². The van der Waals surface area contributed by atoms with Crippen LogP contribution in [0.1, 0.15) is 44.1 Å². The summed E-state index contributed by atoms with van der Waals surface area (Å²) in [4.78, 5) is 28.9. The Bertz CT molecular complexity index is 1340. The van der Waals surface area contributed by atoms with Crippen LogP contribution in [0.3, 0.4) is 0 Å². The average molecular weight is 477 g/mol. The average Bonchev–Trinajstić information content (AvgIpc) is 3.41. The summed E-state index contributed by atoms with van der Waals surface area (Å²) >= 11 is 1.45. The van der Waals surface area contributed by atoms with Gasteiger partial charge in [-0.05, 0) is 43.5 Å². The number of carbonyl (C=O) groups excluding carboxylic acids is 2. The van der Waals surface area contributed by atoms with Crippen LogP contribution in [0.25, 0.3) is 10.2 Å². The van der Waals surface area contributed by atoms with Gasteiger partial charge in [0.15, 0.2) is 0 Å². The first-order valence-corrected chi connectivity index (χ1v) is 12.2. The van der Waals surface area contributed by atoms with Crippen molar-refractivity contribution in [2.75, 3.05) is 13.1 Å². The number of halogens is 1. The first kappa shape index (κ1) is 22.3. The van der Waals surface area contributed by atoms with Crippen LogP contribution in [0.2, 0.25) is 0 Å². The topological polar surface area (TPSA) is 67.2 Å². The molecule has 0 bridgehead atoms. The van der Waals surface area contributed by atoms with Gasteiger partial charge in [-0.1, -0.05) is 42.5 Å². The number of amides is 2. The molecule has 0 unspecified atom stereocenters. The molecular weight excluding hydrogens is 451 g/mol. The molecule has 5 rings (SSSR count). The maximum atomic E-state index is 14.0. The SMILES string of the molecule is Cc1nn(Cc2ccccc2)c2sc(C(=O)NC3CCN(C(=O)c4ccccc4F)CC3)cc12. The van der Waals surface area contributed by atoms with E-state index in [0.717, 1.165) is 21.5 Å². The molecule has 3 heterocycles. The predicted octanol–water partition coefficient (Wildman–Crippen LogP) is 4.63. The molecule has 1 fully saturated rings. The van der Waals surface area contributed by atoms with Crippen molar-refractivity contribution in [2.45, 2.75) is 32.4 Å². The number of aryl methyl sites for hydroxylation is 1. The Balaban J connectivity index is 1.23. The third-order valence-electron chi connectivity index (χ3n) is 6.23. The van der Waals surface area contributed by atoms with Gasteiger partial charge in [-0.25, -0.2) is 4.39 Å². The lowest BCUT2D eigenvalue weighted by atomic mass is 10.0. The van der Waals surface area contributed by atoms with Gasteiger partial charge in [0.05, 0.1) is 22.7 Å². The first-order chi connectivity index (χ1) is 16.5. The number of aromatic nitrogens is 2. The first-order valence-electron chi connectivity index (χ1n) is 11.3. The molecule has 6 nitrogen and oxygen atoms in total. The second-order valence-electron chi connectivity index (χ2n) is 8.58. The smallest absolute Gasteiger partial charge is 0.261 e. The minimum atomic E-state index is -0.506. The molecule has 4 aromatic rings. The van der Waals surface area contributed by atoms with E-state index in [1.807, 2.05) is 35.9 Å². The number of fused-ring (bicyclic) bond motifs is 1. The summed E-state index contributed by atoms with van der Waals surface area (Å²) in [6.45, 7) is 3.58. The zero-order valence-electron chi connectivity index (χ0n) is 18.8. The quantitative estimate of drug-likeness (QED) is 0.457. The number of carbonyl (C=O) groups is 2. The molecule has 0 aliphatic carbocycles. The monoisotopic (exact) mass is 476 g/mol. The van der Waals surface area contributed by atoms with E-state index in [4.69, 9.17) is 0 Å². The van der Waals surface area contributed by atoms with Gasteiger partial charge < -0.3 is 10.2 Å². The number of thiophene rings is 1. The van der Waals surface area contributed by atoms with Crippen molar-refractivity contribution in [3.8, 4) is 0 Å². The van der Waals surface area contributed by atoms with Crippen molar-refractivity contribution in [2.24, 2.45) is 0 Å². The van der Waals surface area contributed by atoms with Crippen LogP contribution in [-0.2, 0) is 6.54 Å². The summed E-state index contributed by atoms with van der Waals surface area (Å²) in [7, 11) is 0. The van der Waals surface area contributed by atoms with E-state index in [1.54, 1.807) is 17.0 Å². The zero-order chi connectivity index (χ0) is 23.7. The molecule has 1 N–H and O–H groups in total. The third kappa shape index (κ3) is 4.46. The highest BCUT2D eigenvalue weighted by atomic mass is 32.1. The number of nitrogens with one attached hydrogen (secondary N) is 1. The summed E-state index contributed by atoms with van der Waals surface area (Å²) in [5.41, 5.74) is 2.15. The Morgan fingerprint density at radius 1 is 1.09 bits per heavy atom. The fraction of sp³-hybridized carbons (Fsp3) is 0.269. The van der Waals surface area contributed by atoms with E-state index in [2.05, 4.69) is 22.5 Å². The van der Waals surface area contributed by atoms with E-state index in [-0.39, 0.29) is 23.4 Å². The summed E-state index contributed by atoms with van der Waals surface area (Å²) in [6, 6.07) is 18.1. The fourth-order valence-electron chi connectivity index (χ4n) is 4.38. The molecule has 174 valence electrons. The molecule has 2 aromatic heterocycles. The van der Waals surface area contributed by atoms with Gasteiger partial charge in [-0.2, -0.15) is 5.10 Å². The second-order valence-corrected chi connectivity index (χ2v) is 9.61. The van der Waals surface area contributed by atoms with Crippen LogP contribution in [-0.4, -0.2) is 45.6 Å². The Morgan fingerprint density at radius 2 is 1.79 bits per heavy atom. The van der Waals surface area contributed by atoms with Gasteiger partial charge in [0, 0.05) is 24.5 Å². The molecule has 2 amide bonds. The molecule has 34 heavy (non-hydrogen) atoms. The fourth-order valence-corrected chi connectivity index (χ4v) is 5.44. The Morgan fingerprint density at radius 3 is 2.53 bits per heavy atom. The van der Waals surface area contributed by atoms with Gasteiger partial charge in [-0.3, -0.25) is 14.3 Å². The van der Waals surface area contributed by atoms with Crippen molar-refractivity contribution >= 4 is 33.4 Å². The van der Waals surface area contributed by atoms with Crippen LogP contribution in [0.4, 0.5) is 4.39 Å². The number of piperidine rings is 1. The normalized spacial score (nSPS) is 14.5. The van der Waals surface area contributed by atoms with Gasteiger partial charge in [0.2, 0.25) is 0 Å². The van der Waals surface area contributed by atoms with Crippen LogP contribution < -0.4 is 5.32 Å². The lowest BCUT2D eigenvalue weighted by Gasteiger charge is -2.32. The Kier molecular flexibility index (Phi) is 6.15. The molecule has 0 saturated carbocycles. The highest BCUT2D eigenvalue weighted by Gasteiger charge is 2.27. The predicted molar refractivity (Wildman–Crippen MR) is 131 cm³/mol. The number of hydrogen-bond acceptors (Lipinski definition) is 4. The number of likely N-dealkylation sites (tertiary alicyclic amines) is 1. The Hall–Kier alpha value is -3.52. The second kappa shape index (κ2) is 9.38. The van der Waals surface area contributed by atoms with Crippen LogP contribution in [0, 0.1) is 12.7 Å². The molecular formula is C26H25FN4O2S. The van der Waals surface area contributed by atoms with E-state index in [9.17, 15) is 14.0 Å². The summed E-state index contributed by atoms with van der Waals surface area (Å²) in [6.07, 6.45) is 1.27. The highest BCUT2D eigenvalue weighted by molar-refractivity contribution is 7.20. The third-order valence-corrected chi connectivity index (χ3v) is 7.38. The lowest BCUT2D eigenvalue weighted by molar-refractivity contribution is 0.0694. The number of rotatable bonds is 5. The molecule has 2 aromatic carbocycles. The summed E-state index contributed by atoms with van der Waals surface area (Å²) < 4.78 is 15.9. The minimum absolute atomic E-state index is 0.0238. The van der Waals surface area contributed by atoms with Crippen LogP contribution in [0.5, 0.6) is 0 Å². The van der Waals surface area contributed by atoms with Gasteiger partial charge in [0.1, 0.15) is 10.6 Å². The van der Waals surface area contributed by atoms with E-state index in [1.165, 1.54) is 23.5 Å². The van der Waals surface area contributed by atoms with Crippen molar-refractivity contribution in [1.29, 1.82) is 0 Å². The molecule has 0 radical (unpaired) electrons. The molecule has 1 aliphatic heterocycles. The maximum absolute atomic E-state index is 14.0. The molecule has 8 heteroatoms. The van der Waals surface area contributed by atoms with Crippen LogP contribution in [0.15, 0.2) is 60.7 Å². The van der Waals surface area contributed by atoms with Gasteiger partial charge >= 0.3 is 0 Å². The van der Waals surface area contributed by atoms with Crippen LogP contribution >= 0.6 is 11.3 Å². The van der Waals surface area contributed by atoms with Gasteiger partial charge in [0.25, 0.3) is 11.8 Å². The standard InChI is InChI=1S/C26H25FN4O2S/c1-17-21-15-23(34-26(21)31(29-17)16-18-7-3-2-4-8-18)24(32)28-19-11-13-30(14-12-19)25(33)20-9-5-6-10-22(20)27/h2-10,15,19H,11-14,16H2,1H3,(H,28,32). The number of benzene rings is 2.